The molecule has 0 radical (unpaired) electrons. The molecule has 0 aromatic heterocycles. The van der Waals surface area contributed by atoms with E-state index in [0.717, 1.165) is 24.9 Å². The first-order valence-corrected chi connectivity index (χ1v) is 6.44. The van der Waals surface area contributed by atoms with Crippen LogP contribution in [0.3, 0.4) is 0 Å². The number of hydrogen-bond acceptors (Lipinski definition) is 3. The Hall–Kier alpha value is -1.13. The number of aliphatic hydroxyl groups excluding tert-OH is 1. The summed E-state index contributed by atoms with van der Waals surface area (Å²) in [5.74, 6) is -0.909. The van der Waals surface area contributed by atoms with Crippen molar-refractivity contribution in [2.24, 2.45) is 5.41 Å². The summed E-state index contributed by atoms with van der Waals surface area (Å²) >= 11 is 0. The average Bonchev–Trinajstić information content (AvgIpc) is 2.83. The van der Waals surface area contributed by atoms with Crippen molar-refractivity contribution in [3.63, 3.8) is 0 Å². The van der Waals surface area contributed by atoms with Crippen molar-refractivity contribution in [1.29, 1.82) is 0 Å². The molecule has 1 aromatic rings. The van der Waals surface area contributed by atoms with Crippen molar-refractivity contribution >= 4 is 0 Å². The zero-order valence-electron chi connectivity index (χ0n) is 10.5. The Morgan fingerprint density at radius 3 is 2.61 bits per heavy atom. The number of hydrogen-bond donors (Lipinski definition) is 3. The van der Waals surface area contributed by atoms with E-state index in [2.05, 4.69) is 5.32 Å². The lowest BCUT2D eigenvalue weighted by Gasteiger charge is -2.26. The summed E-state index contributed by atoms with van der Waals surface area (Å²) in [5, 5.41) is 21.8. The molecule has 2 rings (SSSR count). The normalized spacial score (nSPS) is 18.1. The second-order valence-corrected chi connectivity index (χ2v) is 5.25. The van der Waals surface area contributed by atoms with Gasteiger partial charge in [-0.15, -0.1) is 0 Å². The van der Waals surface area contributed by atoms with Crippen LogP contribution in [0.15, 0.2) is 18.2 Å². The third-order valence-corrected chi connectivity index (χ3v) is 3.84. The van der Waals surface area contributed by atoms with Crippen LogP contribution in [0, 0.1) is 11.2 Å². The van der Waals surface area contributed by atoms with E-state index in [9.17, 15) is 9.50 Å². The molecule has 4 heteroatoms. The lowest BCUT2D eigenvalue weighted by Crippen LogP contribution is -2.34. The number of phenols is 1. The van der Waals surface area contributed by atoms with Crippen LogP contribution in [-0.2, 0) is 6.54 Å². The first-order valence-electron chi connectivity index (χ1n) is 6.44. The fourth-order valence-corrected chi connectivity index (χ4v) is 2.65. The molecule has 0 amide bonds. The van der Waals surface area contributed by atoms with E-state index in [1.165, 1.54) is 25.0 Å². The first-order chi connectivity index (χ1) is 8.65. The second-order valence-electron chi connectivity index (χ2n) is 5.25. The van der Waals surface area contributed by atoms with Gasteiger partial charge in [0.1, 0.15) is 0 Å². The van der Waals surface area contributed by atoms with Crippen LogP contribution < -0.4 is 5.32 Å². The standard InChI is InChI=1S/C14H20FNO2/c15-12-7-11(3-4-13(12)18)8-16-9-14(10-17)5-1-2-6-14/h3-4,7,16-18H,1-2,5-6,8-10H2. The van der Waals surface area contributed by atoms with E-state index < -0.39 is 5.82 Å². The van der Waals surface area contributed by atoms with Gasteiger partial charge in [-0.05, 0) is 30.5 Å². The Labute approximate surface area is 107 Å². The van der Waals surface area contributed by atoms with E-state index in [0.29, 0.717) is 6.54 Å². The Bertz CT molecular complexity index is 403. The van der Waals surface area contributed by atoms with Crippen LogP contribution in [0.4, 0.5) is 4.39 Å². The predicted octanol–water partition coefficient (Wildman–Crippen LogP) is 2.17. The molecule has 0 spiro atoms. The van der Waals surface area contributed by atoms with Gasteiger partial charge >= 0.3 is 0 Å². The maximum atomic E-state index is 13.1. The van der Waals surface area contributed by atoms with E-state index in [1.807, 2.05) is 0 Å². The van der Waals surface area contributed by atoms with Gasteiger partial charge in [0, 0.05) is 25.1 Å². The van der Waals surface area contributed by atoms with Crippen LogP contribution in [0.25, 0.3) is 0 Å². The van der Waals surface area contributed by atoms with Crippen molar-refractivity contribution in [1.82, 2.24) is 5.32 Å². The molecule has 0 unspecified atom stereocenters. The topological polar surface area (TPSA) is 52.5 Å². The number of benzene rings is 1. The number of phenolic OH excluding ortho intramolecular Hbond substituents is 1. The minimum absolute atomic E-state index is 0.00939. The monoisotopic (exact) mass is 253 g/mol. The molecule has 1 saturated carbocycles. The van der Waals surface area contributed by atoms with Crippen molar-refractivity contribution in [2.75, 3.05) is 13.2 Å². The molecule has 1 aliphatic carbocycles. The van der Waals surface area contributed by atoms with Crippen LogP contribution in [-0.4, -0.2) is 23.4 Å². The van der Waals surface area contributed by atoms with Crippen LogP contribution in [0.5, 0.6) is 5.75 Å². The minimum atomic E-state index is -0.591. The molecule has 3 N–H and O–H groups in total. The summed E-state index contributed by atoms with van der Waals surface area (Å²) in [5.41, 5.74) is 0.812. The third kappa shape index (κ3) is 3.00. The molecule has 1 aliphatic rings. The summed E-state index contributed by atoms with van der Waals surface area (Å²) in [6, 6.07) is 4.40. The molecular weight excluding hydrogens is 233 g/mol. The van der Waals surface area contributed by atoms with Crippen LogP contribution in [0.1, 0.15) is 31.2 Å². The van der Waals surface area contributed by atoms with Gasteiger partial charge in [-0.1, -0.05) is 18.9 Å². The largest absolute Gasteiger partial charge is 0.505 e. The van der Waals surface area contributed by atoms with Gasteiger partial charge in [-0.2, -0.15) is 0 Å². The van der Waals surface area contributed by atoms with E-state index >= 15 is 0 Å². The van der Waals surface area contributed by atoms with E-state index in [1.54, 1.807) is 6.07 Å². The lowest BCUT2D eigenvalue weighted by molar-refractivity contribution is 0.128. The summed E-state index contributed by atoms with van der Waals surface area (Å²) in [6.07, 6.45) is 4.47. The number of aromatic hydroxyl groups is 1. The summed E-state index contributed by atoms with van der Waals surface area (Å²) < 4.78 is 13.1. The van der Waals surface area contributed by atoms with Gasteiger partial charge in [0.2, 0.25) is 0 Å². The van der Waals surface area contributed by atoms with Crippen molar-refractivity contribution in [2.45, 2.75) is 32.2 Å². The second kappa shape index (κ2) is 5.67. The van der Waals surface area contributed by atoms with Gasteiger partial charge in [0.25, 0.3) is 0 Å². The van der Waals surface area contributed by atoms with Gasteiger partial charge in [0.15, 0.2) is 11.6 Å². The highest BCUT2D eigenvalue weighted by Crippen LogP contribution is 2.36. The molecular formula is C14H20FNO2. The highest BCUT2D eigenvalue weighted by molar-refractivity contribution is 5.27. The van der Waals surface area contributed by atoms with Crippen LogP contribution in [0.2, 0.25) is 0 Å². The van der Waals surface area contributed by atoms with Gasteiger partial charge < -0.3 is 15.5 Å². The quantitative estimate of drug-likeness (QED) is 0.754. The van der Waals surface area contributed by atoms with Crippen LogP contribution >= 0.6 is 0 Å². The Balaban J connectivity index is 1.86. The fourth-order valence-electron chi connectivity index (χ4n) is 2.65. The molecule has 0 bridgehead atoms. The average molecular weight is 253 g/mol. The zero-order chi connectivity index (χ0) is 13.0. The molecule has 0 aliphatic heterocycles. The molecule has 100 valence electrons. The highest BCUT2D eigenvalue weighted by Gasteiger charge is 2.32. The number of rotatable bonds is 5. The first kappa shape index (κ1) is 13.3. The van der Waals surface area contributed by atoms with E-state index in [4.69, 9.17) is 5.11 Å². The maximum absolute atomic E-state index is 13.1. The molecule has 0 atom stereocenters. The van der Waals surface area contributed by atoms with E-state index in [-0.39, 0.29) is 17.8 Å². The molecule has 1 aromatic carbocycles. The number of halogens is 1. The number of aliphatic hydroxyl groups is 1. The van der Waals surface area contributed by atoms with Gasteiger partial charge in [0.05, 0.1) is 0 Å². The van der Waals surface area contributed by atoms with Crippen molar-refractivity contribution in [3.8, 4) is 5.75 Å². The zero-order valence-corrected chi connectivity index (χ0v) is 10.5. The SMILES string of the molecule is OCC1(CNCc2ccc(O)c(F)c2)CCCC1. The fraction of sp³-hybridized carbons (Fsp3) is 0.571. The molecule has 0 saturated heterocycles. The predicted molar refractivity (Wildman–Crippen MR) is 67.8 cm³/mol. The number of nitrogens with one attached hydrogen (secondary N) is 1. The minimum Gasteiger partial charge on any atom is -0.505 e. The highest BCUT2D eigenvalue weighted by atomic mass is 19.1. The van der Waals surface area contributed by atoms with Gasteiger partial charge in [-0.3, -0.25) is 0 Å². The Morgan fingerprint density at radius 1 is 1.28 bits per heavy atom. The summed E-state index contributed by atoms with van der Waals surface area (Å²) in [4.78, 5) is 0. The van der Waals surface area contributed by atoms with Crippen molar-refractivity contribution < 1.29 is 14.6 Å². The lowest BCUT2D eigenvalue weighted by atomic mass is 9.87. The summed E-state index contributed by atoms with van der Waals surface area (Å²) in [6.45, 7) is 1.52. The maximum Gasteiger partial charge on any atom is 0.165 e. The molecule has 1 fully saturated rings. The molecule has 18 heavy (non-hydrogen) atoms. The van der Waals surface area contributed by atoms with Crippen molar-refractivity contribution in [3.05, 3.63) is 29.6 Å². The molecule has 0 heterocycles. The Kier molecular flexibility index (Phi) is 4.19. The Morgan fingerprint density at radius 2 is 2.00 bits per heavy atom. The summed E-state index contributed by atoms with van der Waals surface area (Å²) in [7, 11) is 0. The molecule has 3 nitrogen and oxygen atoms in total. The smallest absolute Gasteiger partial charge is 0.165 e. The third-order valence-electron chi connectivity index (χ3n) is 3.84. The van der Waals surface area contributed by atoms with Gasteiger partial charge in [-0.25, -0.2) is 4.39 Å².